The van der Waals surface area contributed by atoms with Crippen molar-refractivity contribution in [2.45, 2.75) is 64.3 Å². The van der Waals surface area contributed by atoms with E-state index >= 15 is 0 Å². The van der Waals surface area contributed by atoms with E-state index in [9.17, 15) is 14.4 Å². The standard InChI is InChI=1S/C20H27N3O3/c1-14-10-11-16(13-17(14)23-12-6-9-18(23)24)22-20(26)19(25)21-15-7-4-2-3-5-8-15/h10-11,13,15H,2-9,12H2,1H3,(H,21,25)(H,22,26). The third-order valence-corrected chi connectivity index (χ3v) is 5.23. The number of rotatable bonds is 3. The molecular formula is C20H27N3O3. The first-order valence-corrected chi connectivity index (χ1v) is 9.57. The number of aryl methyl sites for hydroxylation is 1. The van der Waals surface area contributed by atoms with E-state index in [1.807, 2.05) is 13.0 Å². The number of carbonyl (C=O) groups excluding carboxylic acids is 3. The summed E-state index contributed by atoms with van der Waals surface area (Å²) >= 11 is 0. The van der Waals surface area contributed by atoms with Gasteiger partial charge in [0.2, 0.25) is 5.91 Å². The third-order valence-electron chi connectivity index (χ3n) is 5.23. The van der Waals surface area contributed by atoms with E-state index in [-0.39, 0.29) is 11.9 Å². The monoisotopic (exact) mass is 357 g/mol. The highest BCUT2D eigenvalue weighted by Gasteiger charge is 2.24. The predicted molar refractivity (Wildman–Crippen MR) is 101 cm³/mol. The number of benzene rings is 1. The molecular weight excluding hydrogens is 330 g/mol. The van der Waals surface area contributed by atoms with Crippen LogP contribution in [0.15, 0.2) is 18.2 Å². The smallest absolute Gasteiger partial charge is 0.313 e. The van der Waals surface area contributed by atoms with Crippen LogP contribution < -0.4 is 15.5 Å². The maximum absolute atomic E-state index is 12.3. The summed E-state index contributed by atoms with van der Waals surface area (Å²) in [5.74, 6) is -1.14. The van der Waals surface area contributed by atoms with E-state index in [0.29, 0.717) is 18.7 Å². The number of carbonyl (C=O) groups is 3. The molecule has 0 bridgehead atoms. The van der Waals surface area contributed by atoms with Crippen molar-refractivity contribution in [1.82, 2.24) is 5.32 Å². The van der Waals surface area contributed by atoms with Crippen LogP contribution in [-0.2, 0) is 14.4 Å². The highest BCUT2D eigenvalue weighted by Crippen LogP contribution is 2.28. The van der Waals surface area contributed by atoms with Gasteiger partial charge in [-0.3, -0.25) is 14.4 Å². The molecule has 2 fully saturated rings. The third kappa shape index (κ3) is 4.42. The molecule has 1 saturated carbocycles. The van der Waals surface area contributed by atoms with Crippen LogP contribution in [0.1, 0.15) is 56.9 Å². The highest BCUT2D eigenvalue weighted by atomic mass is 16.2. The predicted octanol–water partition coefficient (Wildman–Crippen LogP) is 2.90. The Morgan fingerprint density at radius 3 is 2.42 bits per heavy atom. The van der Waals surface area contributed by atoms with Crippen molar-refractivity contribution in [2.24, 2.45) is 0 Å². The van der Waals surface area contributed by atoms with E-state index in [1.54, 1.807) is 17.0 Å². The molecule has 0 radical (unpaired) electrons. The molecule has 1 aromatic rings. The molecule has 1 aliphatic heterocycles. The van der Waals surface area contributed by atoms with Crippen LogP contribution in [0.25, 0.3) is 0 Å². The Bertz CT molecular complexity index is 694. The zero-order valence-corrected chi connectivity index (χ0v) is 15.3. The molecule has 1 aliphatic carbocycles. The van der Waals surface area contributed by atoms with Gasteiger partial charge in [0.05, 0.1) is 0 Å². The molecule has 0 aromatic heterocycles. The van der Waals surface area contributed by atoms with Crippen LogP contribution in [0, 0.1) is 6.92 Å². The van der Waals surface area contributed by atoms with Crippen molar-refractivity contribution >= 4 is 29.1 Å². The Kier molecular flexibility index (Phi) is 5.91. The van der Waals surface area contributed by atoms with Gasteiger partial charge in [-0.1, -0.05) is 31.7 Å². The topological polar surface area (TPSA) is 78.5 Å². The van der Waals surface area contributed by atoms with Crippen molar-refractivity contribution in [2.75, 3.05) is 16.8 Å². The lowest BCUT2D eigenvalue weighted by molar-refractivity contribution is -0.136. The van der Waals surface area contributed by atoms with E-state index in [4.69, 9.17) is 0 Å². The maximum Gasteiger partial charge on any atom is 0.313 e. The summed E-state index contributed by atoms with van der Waals surface area (Å²) in [6.07, 6.45) is 7.85. The molecule has 1 aromatic carbocycles. The Morgan fingerprint density at radius 1 is 1.04 bits per heavy atom. The molecule has 6 nitrogen and oxygen atoms in total. The normalized spacial score (nSPS) is 18.5. The molecule has 2 N–H and O–H groups in total. The molecule has 26 heavy (non-hydrogen) atoms. The number of amides is 3. The van der Waals surface area contributed by atoms with Gasteiger partial charge >= 0.3 is 11.8 Å². The zero-order valence-electron chi connectivity index (χ0n) is 15.3. The Balaban J connectivity index is 1.63. The lowest BCUT2D eigenvalue weighted by Gasteiger charge is -2.20. The quantitative estimate of drug-likeness (QED) is 0.645. The summed E-state index contributed by atoms with van der Waals surface area (Å²) in [6, 6.07) is 5.48. The molecule has 140 valence electrons. The van der Waals surface area contributed by atoms with Crippen LogP contribution >= 0.6 is 0 Å². The van der Waals surface area contributed by atoms with Crippen molar-refractivity contribution in [3.8, 4) is 0 Å². The molecule has 0 atom stereocenters. The summed E-state index contributed by atoms with van der Waals surface area (Å²) in [5.41, 5.74) is 2.31. The Hall–Kier alpha value is -2.37. The van der Waals surface area contributed by atoms with Crippen LogP contribution in [0.2, 0.25) is 0 Å². The zero-order chi connectivity index (χ0) is 18.5. The lowest BCUT2D eigenvalue weighted by Crippen LogP contribution is -2.41. The second-order valence-corrected chi connectivity index (χ2v) is 7.27. The molecule has 1 heterocycles. The number of nitrogens with zero attached hydrogens (tertiary/aromatic N) is 1. The fourth-order valence-electron chi connectivity index (χ4n) is 3.74. The van der Waals surface area contributed by atoms with Crippen LogP contribution in [-0.4, -0.2) is 30.3 Å². The van der Waals surface area contributed by atoms with Gasteiger partial charge in [0.1, 0.15) is 0 Å². The number of hydrogen-bond donors (Lipinski definition) is 2. The molecule has 3 amide bonds. The first-order valence-electron chi connectivity index (χ1n) is 9.57. The average Bonchev–Trinajstić information content (AvgIpc) is 2.88. The van der Waals surface area contributed by atoms with Gasteiger partial charge in [0, 0.05) is 30.4 Å². The molecule has 0 spiro atoms. The van der Waals surface area contributed by atoms with Gasteiger partial charge in [-0.25, -0.2) is 0 Å². The van der Waals surface area contributed by atoms with Gasteiger partial charge in [0.25, 0.3) is 0 Å². The first kappa shape index (κ1) is 18.4. The van der Waals surface area contributed by atoms with E-state index in [1.165, 1.54) is 12.8 Å². The van der Waals surface area contributed by atoms with E-state index in [0.717, 1.165) is 43.4 Å². The van der Waals surface area contributed by atoms with Gasteiger partial charge in [-0.2, -0.15) is 0 Å². The Labute approximate surface area is 154 Å². The minimum atomic E-state index is -0.656. The van der Waals surface area contributed by atoms with Crippen LogP contribution in [0.4, 0.5) is 11.4 Å². The van der Waals surface area contributed by atoms with Gasteiger partial charge in [0.15, 0.2) is 0 Å². The van der Waals surface area contributed by atoms with E-state index in [2.05, 4.69) is 10.6 Å². The van der Waals surface area contributed by atoms with Crippen molar-refractivity contribution < 1.29 is 14.4 Å². The summed E-state index contributed by atoms with van der Waals surface area (Å²) in [5, 5.41) is 5.52. The molecule has 3 rings (SSSR count). The summed E-state index contributed by atoms with van der Waals surface area (Å²) < 4.78 is 0. The summed E-state index contributed by atoms with van der Waals surface area (Å²) in [4.78, 5) is 38.2. The highest BCUT2D eigenvalue weighted by molar-refractivity contribution is 6.39. The van der Waals surface area contributed by atoms with Crippen molar-refractivity contribution in [3.05, 3.63) is 23.8 Å². The maximum atomic E-state index is 12.3. The van der Waals surface area contributed by atoms with Crippen molar-refractivity contribution in [1.29, 1.82) is 0 Å². The minimum Gasteiger partial charge on any atom is -0.345 e. The number of anilines is 2. The largest absolute Gasteiger partial charge is 0.345 e. The average molecular weight is 357 g/mol. The van der Waals surface area contributed by atoms with Crippen LogP contribution in [0.5, 0.6) is 0 Å². The summed E-state index contributed by atoms with van der Waals surface area (Å²) in [6.45, 7) is 2.63. The molecule has 0 unspecified atom stereocenters. The lowest BCUT2D eigenvalue weighted by atomic mass is 10.1. The minimum absolute atomic E-state index is 0.0894. The second-order valence-electron chi connectivity index (χ2n) is 7.27. The van der Waals surface area contributed by atoms with Crippen molar-refractivity contribution in [3.63, 3.8) is 0 Å². The van der Waals surface area contributed by atoms with Crippen LogP contribution in [0.3, 0.4) is 0 Å². The van der Waals surface area contributed by atoms with Gasteiger partial charge in [-0.15, -0.1) is 0 Å². The van der Waals surface area contributed by atoms with Gasteiger partial charge in [-0.05, 0) is 43.9 Å². The molecule has 2 aliphatic rings. The first-order chi connectivity index (χ1) is 12.5. The SMILES string of the molecule is Cc1ccc(NC(=O)C(=O)NC2CCCCCC2)cc1N1CCCC1=O. The second kappa shape index (κ2) is 8.34. The fraction of sp³-hybridized carbons (Fsp3) is 0.550. The Morgan fingerprint density at radius 2 is 1.77 bits per heavy atom. The fourth-order valence-corrected chi connectivity index (χ4v) is 3.74. The summed E-state index contributed by atoms with van der Waals surface area (Å²) in [7, 11) is 0. The molecule has 1 saturated heterocycles. The number of hydrogen-bond acceptors (Lipinski definition) is 3. The molecule has 6 heteroatoms. The number of nitrogens with one attached hydrogen (secondary N) is 2. The van der Waals surface area contributed by atoms with E-state index < -0.39 is 11.8 Å². The van der Waals surface area contributed by atoms with Gasteiger partial charge < -0.3 is 15.5 Å².